The Morgan fingerprint density at radius 3 is 2.33 bits per heavy atom. The average Bonchev–Trinajstić information content (AvgIpc) is 3.00. The van der Waals surface area contributed by atoms with Gasteiger partial charge < -0.3 is 5.32 Å². The van der Waals surface area contributed by atoms with E-state index >= 15 is 0 Å². The number of aryl methyl sites for hydroxylation is 1. The molecule has 0 spiro atoms. The Morgan fingerprint density at radius 2 is 1.74 bits per heavy atom. The summed E-state index contributed by atoms with van der Waals surface area (Å²) in [7, 11) is -3.39. The van der Waals surface area contributed by atoms with Gasteiger partial charge in [-0.3, -0.25) is 15.6 Å². The number of hydrogen-bond acceptors (Lipinski definition) is 5. The van der Waals surface area contributed by atoms with Gasteiger partial charge in [0, 0.05) is 37.6 Å². The van der Waals surface area contributed by atoms with Crippen LogP contribution >= 0.6 is 0 Å². The van der Waals surface area contributed by atoms with Crippen molar-refractivity contribution >= 4 is 15.9 Å². The van der Waals surface area contributed by atoms with Gasteiger partial charge in [0.2, 0.25) is 15.9 Å². The molecule has 0 bridgehead atoms. The first-order valence-electron chi connectivity index (χ1n) is 9.63. The van der Waals surface area contributed by atoms with Gasteiger partial charge in [-0.05, 0) is 44.7 Å². The fourth-order valence-electron chi connectivity index (χ4n) is 4.06. The number of nitrogens with zero attached hydrogens (tertiary/aromatic N) is 1. The van der Waals surface area contributed by atoms with Crippen LogP contribution in [0.25, 0.3) is 0 Å². The third-order valence-corrected chi connectivity index (χ3v) is 8.36. The predicted molar refractivity (Wildman–Crippen MR) is 105 cm³/mol. The molecule has 3 rings (SSSR count). The van der Waals surface area contributed by atoms with Crippen molar-refractivity contribution in [2.45, 2.75) is 57.5 Å². The molecular formula is C19H30N4O3S. The van der Waals surface area contributed by atoms with Crippen molar-refractivity contribution in [3.8, 4) is 0 Å². The molecule has 7 nitrogen and oxygen atoms in total. The van der Waals surface area contributed by atoms with Crippen LogP contribution in [0.15, 0.2) is 24.3 Å². The predicted octanol–water partition coefficient (Wildman–Crippen LogP) is 0.906. The fourth-order valence-corrected chi connectivity index (χ4v) is 6.29. The Hall–Kier alpha value is -1.48. The standard InChI is InChI=1S/C19H30N4O3S/c1-13-6-4-5-7-17(13)12-20-19(24)16-8-10-23(11-9-16)27(25,26)18-14(2)21-22-15(18)3/h4-7,14-16,18,21-22H,8-12H2,1-3H3,(H,20,24). The molecule has 2 aliphatic heterocycles. The summed E-state index contributed by atoms with van der Waals surface area (Å²) in [6.45, 7) is 7.11. The molecule has 3 N–H and O–H groups in total. The number of rotatable bonds is 5. The van der Waals surface area contributed by atoms with Gasteiger partial charge in [0.05, 0.1) is 0 Å². The van der Waals surface area contributed by atoms with Crippen LogP contribution in [0.5, 0.6) is 0 Å². The van der Waals surface area contributed by atoms with Gasteiger partial charge in [-0.2, -0.15) is 0 Å². The van der Waals surface area contributed by atoms with E-state index in [2.05, 4.69) is 16.2 Å². The summed E-state index contributed by atoms with van der Waals surface area (Å²) >= 11 is 0. The summed E-state index contributed by atoms with van der Waals surface area (Å²) in [6.07, 6.45) is 1.13. The number of amides is 1. The fraction of sp³-hybridized carbons (Fsp3) is 0.632. The van der Waals surface area contributed by atoms with E-state index in [1.54, 1.807) is 4.31 Å². The van der Waals surface area contributed by atoms with Crippen molar-refractivity contribution in [2.75, 3.05) is 13.1 Å². The maximum absolute atomic E-state index is 13.0. The van der Waals surface area contributed by atoms with Crippen LogP contribution in [-0.2, 0) is 21.4 Å². The molecule has 1 amide bonds. The van der Waals surface area contributed by atoms with Crippen LogP contribution in [0.2, 0.25) is 0 Å². The number of piperidine rings is 1. The van der Waals surface area contributed by atoms with Gasteiger partial charge in [0.15, 0.2) is 0 Å². The molecule has 27 heavy (non-hydrogen) atoms. The molecule has 150 valence electrons. The smallest absolute Gasteiger partial charge is 0.223 e. The zero-order valence-corrected chi connectivity index (χ0v) is 17.1. The molecule has 2 aliphatic rings. The molecule has 0 aliphatic carbocycles. The molecule has 2 saturated heterocycles. The lowest BCUT2D eigenvalue weighted by Crippen LogP contribution is -2.50. The molecular weight excluding hydrogens is 364 g/mol. The van der Waals surface area contributed by atoms with Crippen LogP contribution < -0.4 is 16.2 Å². The SMILES string of the molecule is Cc1ccccc1CNC(=O)C1CCN(S(=O)(=O)C2C(C)NNC2C)CC1. The summed E-state index contributed by atoms with van der Waals surface area (Å²) < 4.78 is 27.5. The normalized spacial score (nSPS) is 27.6. The maximum Gasteiger partial charge on any atom is 0.223 e. The van der Waals surface area contributed by atoms with Gasteiger partial charge in [-0.15, -0.1) is 0 Å². The molecule has 8 heteroatoms. The summed E-state index contributed by atoms with van der Waals surface area (Å²) in [6, 6.07) is 7.71. The van der Waals surface area contributed by atoms with E-state index in [1.807, 2.05) is 45.0 Å². The Kier molecular flexibility index (Phi) is 6.20. The first-order chi connectivity index (χ1) is 12.8. The Bertz CT molecular complexity index is 765. The molecule has 2 fully saturated rings. The lowest BCUT2D eigenvalue weighted by Gasteiger charge is -2.33. The van der Waals surface area contributed by atoms with E-state index in [1.165, 1.54) is 0 Å². The first-order valence-corrected chi connectivity index (χ1v) is 11.1. The van der Waals surface area contributed by atoms with E-state index in [0.29, 0.717) is 32.5 Å². The highest BCUT2D eigenvalue weighted by Crippen LogP contribution is 2.25. The van der Waals surface area contributed by atoms with Crippen molar-refractivity contribution in [1.29, 1.82) is 0 Å². The second-order valence-electron chi connectivity index (χ2n) is 7.69. The van der Waals surface area contributed by atoms with Gasteiger partial charge in [0.1, 0.15) is 5.25 Å². The van der Waals surface area contributed by atoms with E-state index < -0.39 is 15.3 Å². The lowest BCUT2D eigenvalue weighted by molar-refractivity contribution is -0.126. The number of nitrogens with one attached hydrogen (secondary N) is 3. The number of sulfonamides is 1. The molecule has 0 radical (unpaired) electrons. The number of benzene rings is 1. The van der Waals surface area contributed by atoms with Crippen molar-refractivity contribution in [2.24, 2.45) is 5.92 Å². The molecule has 2 heterocycles. The van der Waals surface area contributed by atoms with Crippen LogP contribution in [0.1, 0.15) is 37.8 Å². The van der Waals surface area contributed by atoms with Crippen molar-refractivity contribution in [1.82, 2.24) is 20.5 Å². The average molecular weight is 395 g/mol. The van der Waals surface area contributed by atoms with Gasteiger partial charge in [-0.25, -0.2) is 12.7 Å². The van der Waals surface area contributed by atoms with Crippen LogP contribution in [0, 0.1) is 12.8 Å². The highest BCUT2D eigenvalue weighted by Gasteiger charge is 2.44. The van der Waals surface area contributed by atoms with Gasteiger partial charge in [-0.1, -0.05) is 24.3 Å². The van der Waals surface area contributed by atoms with E-state index in [0.717, 1.165) is 11.1 Å². The number of hydrazine groups is 1. The quantitative estimate of drug-likeness (QED) is 0.691. The van der Waals surface area contributed by atoms with Crippen molar-refractivity contribution in [3.05, 3.63) is 35.4 Å². The molecule has 2 unspecified atom stereocenters. The second-order valence-corrected chi connectivity index (χ2v) is 9.78. The lowest BCUT2D eigenvalue weighted by atomic mass is 9.97. The molecule has 0 aromatic heterocycles. The number of carbonyl (C=O) groups excluding carboxylic acids is 1. The zero-order valence-electron chi connectivity index (χ0n) is 16.2. The first kappa shape index (κ1) is 20.3. The third kappa shape index (κ3) is 4.34. The largest absolute Gasteiger partial charge is 0.352 e. The highest BCUT2D eigenvalue weighted by molar-refractivity contribution is 7.89. The van der Waals surface area contributed by atoms with Crippen molar-refractivity contribution in [3.63, 3.8) is 0 Å². The van der Waals surface area contributed by atoms with E-state index in [4.69, 9.17) is 0 Å². The summed E-state index contributed by atoms with van der Waals surface area (Å²) in [5.74, 6) is -0.114. The number of hydrogen-bond donors (Lipinski definition) is 3. The molecule has 0 saturated carbocycles. The maximum atomic E-state index is 13.0. The Labute approximate surface area is 161 Å². The zero-order chi connectivity index (χ0) is 19.6. The Balaban J connectivity index is 1.54. The van der Waals surface area contributed by atoms with Crippen molar-refractivity contribution < 1.29 is 13.2 Å². The monoisotopic (exact) mass is 394 g/mol. The second kappa shape index (κ2) is 8.26. The summed E-state index contributed by atoms with van der Waals surface area (Å²) in [5.41, 5.74) is 8.28. The highest BCUT2D eigenvalue weighted by atomic mass is 32.2. The minimum absolute atomic E-state index is 0.0150. The summed E-state index contributed by atoms with van der Waals surface area (Å²) in [5, 5.41) is 2.52. The number of carbonyl (C=O) groups is 1. The Morgan fingerprint density at radius 1 is 1.15 bits per heavy atom. The van der Waals surface area contributed by atoms with Gasteiger partial charge in [0.25, 0.3) is 0 Å². The third-order valence-electron chi connectivity index (χ3n) is 5.77. The van der Waals surface area contributed by atoms with Crippen LogP contribution in [0.4, 0.5) is 0 Å². The van der Waals surface area contributed by atoms with E-state index in [-0.39, 0.29) is 23.9 Å². The van der Waals surface area contributed by atoms with Crippen LogP contribution in [-0.4, -0.2) is 49.1 Å². The van der Waals surface area contributed by atoms with E-state index in [9.17, 15) is 13.2 Å². The summed E-state index contributed by atoms with van der Waals surface area (Å²) in [4.78, 5) is 12.5. The minimum Gasteiger partial charge on any atom is -0.352 e. The minimum atomic E-state index is -3.39. The van der Waals surface area contributed by atoms with Crippen LogP contribution in [0.3, 0.4) is 0 Å². The molecule has 1 aromatic carbocycles. The molecule has 2 atom stereocenters. The molecule has 1 aromatic rings. The van der Waals surface area contributed by atoms with Gasteiger partial charge >= 0.3 is 0 Å². The topological polar surface area (TPSA) is 90.5 Å².